The van der Waals surface area contributed by atoms with Gasteiger partial charge in [0.15, 0.2) is 5.17 Å². The molecule has 2 aromatic rings. The molecule has 28 heavy (non-hydrogen) atoms. The summed E-state index contributed by atoms with van der Waals surface area (Å²) >= 11 is 1.29. The first kappa shape index (κ1) is 19.9. The summed E-state index contributed by atoms with van der Waals surface area (Å²) in [7, 11) is 0. The zero-order valence-corrected chi connectivity index (χ0v) is 16.9. The minimum absolute atomic E-state index is 0.0789. The van der Waals surface area contributed by atoms with Crippen LogP contribution in [-0.4, -0.2) is 28.8 Å². The Morgan fingerprint density at radius 2 is 1.86 bits per heavy atom. The summed E-state index contributed by atoms with van der Waals surface area (Å²) < 4.78 is 5.38. The van der Waals surface area contributed by atoms with Crippen molar-refractivity contribution in [2.24, 2.45) is 4.99 Å². The van der Waals surface area contributed by atoms with Crippen molar-refractivity contribution in [2.75, 3.05) is 11.9 Å². The molecule has 0 bridgehead atoms. The molecule has 3 rings (SSSR count). The molecular formula is C21H23N3O3S. The molecule has 0 saturated carbocycles. The maximum absolute atomic E-state index is 12.3. The molecule has 0 aliphatic carbocycles. The number of thioether (sulfide) groups is 1. The number of ether oxygens (including phenoxy) is 1. The summed E-state index contributed by atoms with van der Waals surface area (Å²) in [5.41, 5.74) is 3.60. The second kappa shape index (κ2) is 8.93. The van der Waals surface area contributed by atoms with Crippen LogP contribution in [0, 0.1) is 13.8 Å². The number of anilines is 1. The van der Waals surface area contributed by atoms with Crippen LogP contribution >= 0.6 is 11.8 Å². The predicted octanol–water partition coefficient (Wildman–Crippen LogP) is 3.95. The molecular weight excluding hydrogens is 374 g/mol. The number of hydrogen-bond acceptors (Lipinski definition) is 5. The van der Waals surface area contributed by atoms with Crippen LogP contribution in [0.2, 0.25) is 0 Å². The lowest BCUT2D eigenvalue weighted by atomic mass is 10.1. The van der Waals surface area contributed by atoms with Gasteiger partial charge >= 0.3 is 0 Å². The molecule has 2 amide bonds. The van der Waals surface area contributed by atoms with Crippen LogP contribution in [0.25, 0.3) is 0 Å². The molecule has 0 unspecified atom stereocenters. The topological polar surface area (TPSA) is 79.8 Å². The monoisotopic (exact) mass is 397 g/mol. The molecule has 6 nitrogen and oxygen atoms in total. The van der Waals surface area contributed by atoms with Crippen LogP contribution in [0.3, 0.4) is 0 Å². The van der Waals surface area contributed by atoms with Gasteiger partial charge in [-0.1, -0.05) is 30.0 Å². The Hall–Kier alpha value is -2.80. The second-order valence-corrected chi connectivity index (χ2v) is 7.65. The maximum atomic E-state index is 12.3. The van der Waals surface area contributed by atoms with Crippen LogP contribution in [0.15, 0.2) is 47.5 Å². The van der Waals surface area contributed by atoms with E-state index >= 15 is 0 Å². The second-order valence-electron chi connectivity index (χ2n) is 6.46. The molecule has 1 saturated heterocycles. The molecule has 7 heteroatoms. The smallest absolute Gasteiger partial charge is 0.240 e. The lowest BCUT2D eigenvalue weighted by Crippen LogP contribution is -2.28. The van der Waals surface area contributed by atoms with Gasteiger partial charge in [-0.3, -0.25) is 9.59 Å². The fourth-order valence-electron chi connectivity index (χ4n) is 2.86. The van der Waals surface area contributed by atoms with Gasteiger partial charge in [0, 0.05) is 12.1 Å². The summed E-state index contributed by atoms with van der Waals surface area (Å²) in [6.45, 7) is 6.47. The SMILES string of the molecule is CCOc1ccc(NC(=O)C[C@@H]2SC(=Nc3c(C)cccc3C)NC2=O)cc1. The number of rotatable bonds is 6. The summed E-state index contributed by atoms with van der Waals surface area (Å²) in [6.07, 6.45) is 0.0789. The van der Waals surface area contributed by atoms with E-state index in [-0.39, 0.29) is 18.2 Å². The van der Waals surface area contributed by atoms with Gasteiger partial charge in [-0.25, -0.2) is 4.99 Å². The molecule has 0 spiro atoms. The van der Waals surface area contributed by atoms with Crippen molar-refractivity contribution in [3.63, 3.8) is 0 Å². The van der Waals surface area contributed by atoms with E-state index in [4.69, 9.17) is 4.74 Å². The van der Waals surface area contributed by atoms with E-state index < -0.39 is 5.25 Å². The molecule has 1 aliphatic rings. The van der Waals surface area contributed by atoms with Gasteiger partial charge < -0.3 is 15.4 Å². The van der Waals surface area contributed by atoms with Gasteiger partial charge in [0.2, 0.25) is 11.8 Å². The third kappa shape index (κ3) is 4.92. The van der Waals surface area contributed by atoms with Crippen molar-refractivity contribution in [1.29, 1.82) is 0 Å². The molecule has 0 aromatic heterocycles. The number of carbonyl (C=O) groups excluding carboxylic acids is 2. The number of aliphatic imine (C=N–C) groups is 1. The molecule has 1 heterocycles. The van der Waals surface area contributed by atoms with Crippen LogP contribution in [0.5, 0.6) is 5.75 Å². The number of nitrogens with one attached hydrogen (secondary N) is 2. The third-order valence-electron chi connectivity index (χ3n) is 4.25. The summed E-state index contributed by atoms with van der Waals surface area (Å²) in [6, 6.07) is 13.1. The van der Waals surface area contributed by atoms with Gasteiger partial charge in [-0.05, 0) is 56.2 Å². The molecule has 0 radical (unpaired) electrons. The van der Waals surface area contributed by atoms with E-state index in [1.165, 1.54) is 11.8 Å². The van der Waals surface area contributed by atoms with Crippen LogP contribution in [-0.2, 0) is 9.59 Å². The van der Waals surface area contributed by atoms with Gasteiger partial charge in [0.25, 0.3) is 0 Å². The van der Waals surface area contributed by atoms with Gasteiger partial charge in [0.05, 0.1) is 12.3 Å². The zero-order valence-electron chi connectivity index (χ0n) is 16.1. The Kier molecular flexibility index (Phi) is 6.36. The highest BCUT2D eigenvalue weighted by atomic mass is 32.2. The maximum Gasteiger partial charge on any atom is 0.240 e. The van der Waals surface area contributed by atoms with Crippen LogP contribution in [0.4, 0.5) is 11.4 Å². The Bertz CT molecular complexity index is 889. The average Bonchev–Trinajstić information content (AvgIpc) is 2.99. The van der Waals surface area contributed by atoms with Crippen molar-refractivity contribution >= 4 is 40.1 Å². The Labute approximate surface area is 168 Å². The largest absolute Gasteiger partial charge is 0.494 e. The van der Waals surface area contributed by atoms with E-state index in [1.807, 2.05) is 39.0 Å². The average molecular weight is 398 g/mol. The highest BCUT2D eigenvalue weighted by Crippen LogP contribution is 2.29. The fourth-order valence-corrected chi connectivity index (χ4v) is 3.83. The van der Waals surface area contributed by atoms with Crippen LogP contribution in [0.1, 0.15) is 24.5 Å². The lowest BCUT2D eigenvalue weighted by molar-refractivity contribution is -0.122. The minimum atomic E-state index is -0.495. The summed E-state index contributed by atoms with van der Waals surface area (Å²) in [5.74, 6) is 0.334. The highest BCUT2D eigenvalue weighted by molar-refractivity contribution is 8.15. The minimum Gasteiger partial charge on any atom is -0.494 e. The van der Waals surface area contributed by atoms with Crippen molar-refractivity contribution in [1.82, 2.24) is 5.32 Å². The quantitative estimate of drug-likeness (QED) is 0.773. The summed E-state index contributed by atoms with van der Waals surface area (Å²) in [4.78, 5) is 29.1. The molecule has 1 atom stereocenters. The van der Waals surface area contributed by atoms with E-state index in [9.17, 15) is 9.59 Å². The van der Waals surface area contributed by atoms with Crippen molar-refractivity contribution < 1.29 is 14.3 Å². The summed E-state index contributed by atoms with van der Waals surface area (Å²) in [5, 5.41) is 5.62. The molecule has 1 fully saturated rings. The first-order chi connectivity index (χ1) is 13.5. The van der Waals surface area contributed by atoms with Crippen molar-refractivity contribution in [2.45, 2.75) is 32.4 Å². The Morgan fingerprint density at radius 1 is 1.18 bits per heavy atom. The molecule has 2 aromatic carbocycles. The van der Waals surface area contributed by atoms with Gasteiger partial charge in [-0.15, -0.1) is 0 Å². The lowest BCUT2D eigenvalue weighted by Gasteiger charge is -2.08. The van der Waals surface area contributed by atoms with E-state index in [2.05, 4.69) is 15.6 Å². The third-order valence-corrected chi connectivity index (χ3v) is 5.33. The van der Waals surface area contributed by atoms with Crippen molar-refractivity contribution in [3.8, 4) is 5.75 Å². The number of amidine groups is 1. The number of nitrogens with zero attached hydrogens (tertiary/aromatic N) is 1. The van der Waals surface area contributed by atoms with Gasteiger partial charge in [-0.2, -0.15) is 0 Å². The number of amides is 2. The van der Waals surface area contributed by atoms with Crippen LogP contribution < -0.4 is 15.4 Å². The number of carbonyl (C=O) groups is 2. The molecule has 146 valence electrons. The van der Waals surface area contributed by atoms with E-state index in [1.54, 1.807) is 24.3 Å². The van der Waals surface area contributed by atoms with Gasteiger partial charge in [0.1, 0.15) is 11.0 Å². The molecule has 1 aliphatic heterocycles. The highest BCUT2D eigenvalue weighted by Gasteiger charge is 2.32. The Balaban J connectivity index is 1.61. The van der Waals surface area contributed by atoms with E-state index in [0.29, 0.717) is 17.5 Å². The molecule has 2 N–H and O–H groups in total. The van der Waals surface area contributed by atoms with Crippen molar-refractivity contribution in [3.05, 3.63) is 53.6 Å². The standard InChI is InChI=1S/C21H23N3O3S/c1-4-27-16-10-8-15(9-11-16)22-18(25)12-17-20(26)24-21(28-17)23-19-13(2)6-5-7-14(19)3/h5-11,17H,4,12H2,1-3H3,(H,22,25)(H,23,24,26)/t17-/m0/s1. The first-order valence-corrected chi connectivity index (χ1v) is 9.99. The number of para-hydroxylation sites is 1. The fraction of sp³-hybridized carbons (Fsp3) is 0.286. The Morgan fingerprint density at radius 3 is 2.50 bits per heavy atom. The number of hydrogen-bond donors (Lipinski definition) is 2. The number of aryl methyl sites for hydroxylation is 2. The zero-order chi connectivity index (χ0) is 20.1. The number of benzene rings is 2. The normalized spacial score (nSPS) is 17.5. The predicted molar refractivity (Wildman–Crippen MR) is 113 cm³/mol. The van der Waals surface area contributed by atoms with E-state index in [0.717, 1.165) is 22.6 Å². The first-order valence-electron chi connectivity index (χ1n) is 9.11.